The van der Waals surface area contributed by atoms with E-state index in [4.69, 9.17) is 0 Å². The third-order valence-corrected chi connectivity index (χ3v) is 4.86. The van der Waals surface area contributed by atoms with Crippen molar-refractivity contribution in [1.82, 2.24) is 19.6 Å². The van der Waals surface area contributed by atoms with E-state index >= 15 is 0 Å². The van der Waals surface area contributed by atoms with Gasteiger partial charge in [0.1, 0.15) is 0 Å². The highest BCUT2D eigenvalue weighted by molar-refractivity contribution is 5.80. The van der Waals surface area contributed by atoms with Crippen LogP contribution in [-0.2, 0) is 16.1 Å². The smallest absolute Gasteiger partial charge is 0.225 e. The molecular formula is C16H24N4O2. The zero-order chi connectivity index (χ0) is 15.5. The van der Waals surface area contributed by atoms with Crippen molar-refractivity contribution in [3.8, 4) is 0 Å². The first-order chi connectivity index (χ1) is 10.6. The van der Waals surface area contributed by atoms with Crippen LogP contribution in [0.3, 0.4) is 0 Å². The van der Waals surface area contributed by atoms with Gasteiger partial charge in [-0.15, -0.1) is 0 Å². The molecule has 1 aliphatic heterocycles. The number of hydrogen-bond acceptors (Lipinski definition) is 3. The van der Waals surface area contributed by atoms with E-state index in [0.717, 1.165) is 18.5 Å². The van der Waals surface area contributed by atoms with Crippen molar-refractivity contribution in [2.24, 2.45) is 5.92 Å². The fraction of sp³-hybridized carbons (Fsp3) is 0.688. The van der Waals surface area contributed by atoms with Crippen molar-refractivity contribution >= 4 is 11.8 Å². The van der Waals surface area contributed by atoms with Crippen LogP contribution in [0.1, 0.15) is 31.4 Å². The van der Waals surface area contributed by atoms with E-state index in [1.807, 2.05) is 27.5 Å². The van der Waals surface area contributed by atoms with Gasteiger partial charge in [0.25, 0.3) is 0 Å². The van der Waals surface area contributed by atoms with Gasteiger partial charge in [0.2, 0.25) is 11.8 Å². The lowest BCUT2D eigenvalue weighted by molar-refractivity contribution is -0.144. The van der Waals surface area contributed by atoms with Crippen molar-refractivity contribution < 1.29 is 9.59 Å². The quantitative estimate of drug-likeness (QED) is 0.835. The molecule has 1 saturated heterocycles. The number of nitrogens with zero attached hydrogens (tertiary/aromatic N) is 4. The number of rotatable bonds is 4. The van der Waals surface area contributed by atoms with Gasteiger partial charge in [-0.05, 0) is 25.8 Å². The second kappa shape index (κ2) is 6.50. The van der Waals surface area contributed by atoms with Gasteiger partial charge in [0.15, 0.2) is 0 Å². The average Bonchev–Trinajstić information content (AvgIpc) is 2.88. The lowest BCUT2D eigenvalue weighted by atomic mass is 9.84. The molecule has 2 amide bonds. The molecule has 0 spiro atoms. The van der Waals surface area contributed by atoms with E-state index in [-0.39, 0.29) is 11.8 Å². The van der Waals surface area contributed by atoms with E-state index in [0.29, 0.717) is 45.1 Å². The number of aryl methyl sites for hydroxylation is 2. The van der Waals surface area contributed by atoms with Crippen molar-refractivity contribution in [3.63, 3.8) is 0 Å². The Bertz CT molecular complexity index is 542. The van der Waals surface area contributed by atoms with Crippen molar-refractivity contribution in [1.29, 1.82) is 0 Å². The Balaban J connectivity index is 1.43. The number of carbonyl (C=O) groups is 2. The summed E-state index contributed by atoms with van der Waals surface area (Å²) < 4.78 is 1.86. The van der Waals surface area contributed by atoms with Crippen LogP contribution in [0.15, 0.2) is 12.3 Å². The van der Waals surface area contributed by atoms with Crippen LogP contribution in [0.4, 0.5) is 0 Å². The molecule has 2 heterocycles. The summed E-state index contributed by atoms with van der Waals surface area (Å²) in [6.45, 7) is 5.30. The van der Waals surface area contributed by atoms with Gasteiger partial charge in [0.05, 0.1) is 0 Å². The zero-order valence-electron chi connectivity index (χ0n) is 13.2. The second-order valence-electron chi connectivity index (χ2n) is 6.28. The summed E-state index contributed by atoms with van der Waals surface area (Å²) in [5, 5.41) is 4.20. The molecule has 2 fully saturated rings. The molecule has 1 aromatic rings. The lowest BCUT2D eigenvalue weighted by Gasteiger charge is -2.38. The number of carbonyl (C=O) groups excluding carboxylic acids is 2. The minimum atomic E-state index is 0.158. The molecule has 1 saturated carbocycles. The minimum absolute atomic E-state index is 0.158. The van der Waals surface area contributed by atoms with Crippen molar-refractivity contribution in [2.45, 2.75) is 39.2 Å². The van der Waals surface area contributed by atoms with Crippen LogP contribution in [-0.4, -0.2) is 57.6 Å². The highest BCUT2D eigenvalue weighted by Crippen LogP contribution is 2.28. The predicted octanol–water partition coefficient (Wildman–Crippen LogP) is 1.05. The van der Waals surface area contributed by atoms with Crippen LogP contribution in [0.2, 0.25) is 0 Å². The third-order valence-electron chi connectivity index (χ3n) is 4.86. The van der Waals surface area contributed by atoms with Gasteiger partial charge in [-0.2, -0.15) is 5.10 Å². The molecule has 1 aliphatic carbocycles. The van der Waals surface area contributed by atoms with Gasteiger partial charge < -0.3 is 9.80 Å². The van der Waals surface area contributed by atoms with E-state index in [1.165, 1.54) is 6.42 Å². The van der Waals surface area contributed by atoms with Crippen LogP contribution < -0.4 is 0 Å². The Morgan fingerprint density at radius 3 is 2.41 bits per heavy atom. The van der Waals surface area contributed by atoms with Gasteiger partial charge >= 0.3 is 0 Å². The molecule has 0 aromatic carbocycles. The SMILES string of the molecule is Cc1ccnn1CCC(=O)N1CCN(C(=O)C2CCC2)CC1. The first kappa shape index (κ1) is 15.1. The first-order valence-corrected chi connectivity index (χ1v) is 8.20. The first-order valence-electron chi connectivity index (χ1n) is 8.20. The average molecular weight is 304 g/mol. The molecule has 0 atom stereocenters. The second-order valence-corrected chi connectivity index (χ2v) is 6.28. The highest BCUT2D eigenvalue weighted by Gasteiger charge is 2.31. The van der Waals surface area contributed by atoms with E-state index in [2.05, 4.69) is 5.10 Å². The highest BCUT2D eigenvalue weighted by atomic mass is 16.2. The van der Waals surface area contributed by atoms with Gasteiger partial charge in [-0.25, -0.2) is 0 Å². The molecule has 0 bridgehead atoms. The topological polar surface area (TPSA) is 58.4 Å². The predicted molar refractivity (Wildman–Crippen MR) is 82.1 cm³/mol. The van der Waals surface area contributed by atoms with Crippen molar-refractivity contribution in [2.75, 3.05) is 26.2 Å². The van der Waals surface area contributed by atoms with Crippen LogP contribution >= 0.6 is 0 Å². The molecule has 6 nitrogen and oxygen atoms in total. The Labute approximate surface area is 131 Å². The van der Waals surface area contributed by atoms with Crippen LogP contribution in [0.25, 0.3) is 0 Å². The monoisotopic (exact) mass is 304 g/mol. The zero-order valence-corrected chi connectivity index (χ0v) is 13.2. The molecule has 0 unspecified atom stereocenters. The Morgan fingerprint density at radius 1 is 1.18 bits per heavy atom. The molecule has 120 valence electrons. The third kappa shape index (κ3) is 3.15. The van der Waals surface area contributed by atoms with Gasteiger partial charge in [-0.3, -0.25) is 14.3 Å². The summed E-state index contributed by atoms with van der Waals surface area (Å²) in [6, 6.07) is 1.94. The summed E-state index contributed by atoms with van der Waals surface area (Å²) in [5.74, 6) is 0.709. The standard InChI is InChI=1S/C16H24N4O2/c1-13-5-7-17-20(13)8-6-15(21)18-9-11-19(12-10-18)16(22)14-3-2-4-14/h5,7,14H,2-4,6,8-12H2,1H3. The molecular weight excluding hydrogens is 280 g/mol. The Kier molecular flexibility index (Phi) is 4.45. The minimum Gasteiger partial charge on any atom is -0.339 e. The number of hydrogen-bond donors (Lipinski definition) is 0. The largest absolute Gasteiger partial charge is 0.339 e. The fourth-order valence-corrected chi connectivity index (χ4v) is 3.08. The summed E-state index contributed by atoms with van der Waals surface area (Å²) >= 11 is 0. The van der Waals surface area contributed by atoms with Crippen molar-refractivity contribution in [3.05, 3.63) is 18.0 Å². The van der Waals surface area contributed by atoms with Crippen LogP contribution in [0, 0.1) is 12.8 Å². The van der Waals surface area contributed by atoms with Gasteiger partial charge in [0, 0.05) is 57.0 Å². The molecule has 0 N–H and O–H groups in total. The Morgan fingerprint density at radius 2 is 1.86 bits per heavy atom. The molecule has 22 heavy (non-hydrogen) atoms. The molecule has 1 aromatic heterocycles. The fourth-order valence-electron chi connectivity index (χ4n) is 3.08. The molecule has 6 heteroatoms. The normalized spacial score (nSPS) is 19.1. The maximum atomic E-state index is 12.3. The lowest BCUT2D eigenvalue weighted by Crippen LogP contribution is -2.52. The summed E-state index contributed by atoms with van der Waals surface area (Å²) in [4.78, 5) is 28.3. The van der Waals surface area contributed by atoms with E-state index in [1.54, 1.807) is 6.20 Å². The molecule has 0 radical (unpaired) electrons. The number of amides is 2. The summed E-state index contributed by atoms with van der Waals surface area (Å²) in [7, 11) is 0. The maximum Gasteiger partial charge on any atom is 0.225 e. The summed E-state index contributed by atoms with van der Waals surface area (Å²) in [5.41, 5.74) is 1.07. The number of aromatic nitrogens is 2. The Hall–Kier alpha value is -1.85. The van der Waals surface area contributed by atoms with Crippen LogP contribution in [0.5, 0.6) is 0 Å². The van der Waals surface area contributed by atoms with E-state index < -0.39 is 0 Å². The number of piperazine rings is 1. The molecule has 3 rings (SSSR count). The van der Waals surface area contributed by atoms with E-state index in [9.17, 15) is 9.59 Å². The summed E-state index contributed by atoms with van der Waals surface area (Å²) in [6.07, 6.45) is 5.49. The molecule has 2 aliphatic rings. The van der Waals surface area contributed by atoms with Gasteiger partial charge in [-0.1, -0.05) is 6.42 Å². The maximum absolute atomic E-state index is 12.3.